The van der Waals surface area contributed by atoms with Gasteiger partial charge < -0.3 is 9.73 Å². The minimum absolute atomic E-state index is 0.0134. The molecule has 1 N–H and O–H groups in total. The second kappa shape index (κ2) is 9.45. The van der Waals surface area contributed by atoms with Crippen LogP contribution in [0.4, 0.5) is 14.5 Å². The minimum Gasteiger partial charge on any atom is -0.420 e. The molecule has 176 valence electrons. The number of hydrogen-bond acceptors (Lipinski definition) is 4. The van der Waals surface area contributed by atoms with Gasteiger partial charge in [0.25, 0.3) is 0 Å². The summed E-state index contributed by atoms with van der Waals surface area (Å²) in [7, 11) is 0. The molecule has 0 aliphatic heterocycles. The summed E-state index contributed by atoms with van der Waals surface area (Å²) >= 11 is 3.36. The van der Waals surface area contributed by atoms with Crippen molar-refractivity contribution in [2.24, 2.45) is 5.92 Å². The molecule has 0 radical (unpaired) electrons. The van der Waals surface area contributed by atoms with Crippen LogP contribution in [0.2, 0.25) is 0 Å². The summed E-state index contributed by atoms with van der Waals surface area (Å²) < 4.78 is 34.4. The lowest BCUT2D eigenvalue weighted by molar-refractivity contribution is 0.302. The first-order valence-electron chi connectivity index (χ1n) is 11.6. The minimum atomic E-state index is -0.971. The van der Waals surface area contributed by atoms with E-state index in [1.165, 1.54) is 11.6 Å². The molecule has 5 rings (SSSR count). The van der Waals surface area contributed by atoms with E-state index in [2.05, 4.69) is 26.2 Å². The molecule has 1 aliphatic rings. The van der Waals surface area contributed by atoms with Gasteiger partial charge in [0.05, 0.1) is 11.2 Å². The summed E-state index contributed by atoms with van der Waals surface area (Å²) in [6.07, 6.45) is 6.81. The molecule has 7 heteroatoms. The number of aromatic nitrogens is 1. The number of nitrogens with one attached hydrogen (secondary N) is 1. The zero-order valence-corrected chi connectivity index (χ0v) is 20.4. The first kappa shape index (κ1) is 23.0. The van der Waals surface area contributed by atoms with Gasteiger partial charge in [-0.2, -0.15) is 4.39 Å². The monoisotopic (exact) mass is 526 g/mol. The van der Waals surface area contributed by atoms with Gasteiger partial charge in [-0.05, 0) is 98.9 Å². The summed E-state index contributed by atoms with van der Waals surface area (Å²) in [4.78, 5) is 16.4. The van der Waals surface area contributed by atoms with E-state index in [1.807, 2.05) is 19.2 Å². The molecule has 1 aliphatic carbocycles. The summed E-state index contributed by atoms with van der Waals surface area (Å²) in [5.74, 6) is -0.253. The molecule has 2 aromatic heterocycles. The van der Waals surface area contributed by atoms with Crippen molar-refractivity contribution in [3.05, 3.63) is 80.8 Å². The molecule has 1 saturated carbocycles. The Morgan fingerprint density at radius 1 is 1.09 bits per heavy atom. The number of rotatable bonds is 5. The van der Waals surface area contributed by atoms with Crippen LogP contribution in [0.3, 0.4) is 0 Å². The van der Waals surface area contributed by atoms with E-state index < -0.39 is 11.4 Å². The highest BCUT2D eigenvalue weighted by atomic mass is 79.9. The van der Waals surface area contributed by atoms with Crippen LogP contribution < -0.4 is 10.9 Å². The van der Waals surface area contributed by atoms with Gasteiger partial charge in [-0.3, -0.25) is 4.98 Å². The molecule has 34 heavy (non-hydrogen) atoms. The van der Waals surface area contributed by atoms with Crippen molar-refractivity contribution in [3.8, 4) is 0 Å². The molecule has 4 nitrogen and oxygen atoms in total. The van der Waals surface area contributed by atoms with E-state index in [-0.39, 0.29) is 17.5 Å². The van der Waals surface area contributed by atoms with Crippen molar-refractivity contribution in [1.29, 1.82) is 0 Å². The largest absolute Gasteiger partial charge is 0.420 e. The molecule has 0 saturated heterocycles. The Kier molecular flexibility index (Phi) is 6.38. The Morgan fingerprint density at radius 3 is 2.68 bits per heavy atom. The maximum absolute atomic E-state index is 14.7. The zero-order chi connectivity index (χ0) is 23.8. The first-order chi connectivity index (χ1) is 16.4. The maximum atomic E-state index is 14.7. The van der Waals surface area contributed by atoms with Crippen LogP contribution in [0, 0.1) is 17.6 Å². The van der Waals surface area contributed by atoms with Gasteiger partial charge in [0.15, 0.2) is 0 Å². The second-order valence-corrected chi connectivity index (χ2v) is 10.2. The van der Waals surface area contributed by atoms with Gasteiger partial charge in [-0.15, -0.1) is 0 Å². The number of pyridine rings is 1. The van der Waals surface area contributed by atoms with E-state index >= 15 is 0 Å². The fourth-order valence-corrected chi connectivity index (χ4v) is 5.64. The Balaban J connectivity index is 1.27. The van der Waals surface area contributed by atoms with Crippen molar-refractivity contribution in [1.82, 2.24) is 4.98 Å². The van der Waals surface area contributed by atoms with Gasteiger partial charge in [0, 0.05) is 27.5 Å². The van der Waals surface area contributed by atoms with E-state index in [9.17, 15) is 13.6 Å². The number of halogens is 3. The van der Waals surface area contributed by atoms with E-state index in [0.29, 0.717) is 22.8 Å². The van der Waals surface area contributed by atoms with E-state index in [4.69, 9.17) is 4.42 Å². The third kappa shape index (κ3) is 4.58. The Morgan fingerprint density at radius 2 is 1.88 bits per heavy atom. The summed E-state index contributed by atoms with van der Waals surface area (Å²) in [5.41, 5.74) is 1.57. The quantitative estimate of drug-likeness (QED) is 0.273. The van der Waals surface area contributed by atoms with Crippen LogP contribution in [0.15, 0.2) is 62.3 Å². The maximum Gasteiger partial charge on any atom is 0.374 e. The normalized spacial score (nSPS) is 19.4. The van der Waals surface area contributed by atoms with Crippen LogP contribution in [-0.4, -0.2) is 11.0 Å². The molecule has 2 heterocycles. The fourth-order valence-electron chi connectivity index (χ4n) is 5.30. The number of anilines is 1. The number of hydrogen-bond donors (Lipinski definition) is 1. The van der Waals surface area contributed by atoms with Crippen LogP contribution in [-0.2, 0) is 0 Å². The van der Waals surface area contributed by atoms with Gasteiger partial charge in [-0.25, -0.2) is 9.18 Å². The molecule has 0 spiro atoms. The average molecular weight is 527 g/mol. The summed E-state index contributed by atoms with van der Waals surface area (Å²) in [5, 5.41) is 4.68. The predicted molar refractivity (Wildman–Crippen MR) is 134 cm³/mol. The number of fused-ring (bicyclic) bond motifs is 2. The lowest BCUT2D eigenvalue weighted by Crippen LogP contribution is -2.24. The van der Waals surface area contributed by atoms with Crippen molar-refractivity contribution in [2.45, 2.75) is 51.0 Å². The van der Waals surface area contributed by atoms with Gasteiger partial charge >= 0.3 is 5.63 Å². The fraction of sp³-hybridized carbons (Fsp3) is 0.333. The molecule has 0 bridgehead atoms. The zero-order valence-electron chi connectivity index (χ0n) is 18.8. The van der Waals surface area contributed by atoms with Crippen LogP contribution in [0.25, 0.3) is 21.9 Å². The molecule has 1 atom stereocenters. The molecule has 4 aromatic rings. The van der Waals surface area contributed by atoms with Crippen molar-refractivity contribution < 1.29 is 13.2 Å². The molecule has 2 aromatic carbocycles. The highest BCUT2D eigenvalue weighted by Crippen LogP contribution is 2.40. The molecule has 0 amide bonds. The molecule has 1 fully saturated rings. The van der Waals surface area contributed by atoms with Crippen molar-refractivity contribution in [3.63, 3.8) is 0 Å². The van der Waals surface area contributed by atoms with Gasteiger partial charge in [-0.1, -0.05) is 15.9 Å². The average Bonchev–Trinajstić information content (AvgIpc) is 2.82. The SMILES string of the molecule is CC(CC1CCC(c2ccnc3ccc(F)cc23)CC1)Nc1c(F)c(=O)oc2cc(Br)ccc12. The van der Waals surface area contributed by atoms with Crippen LogP contribution >= 0.6 is 15.9 Å². The third-order valence-electron chi connectivity index (χ3n) is 6.92. The number of benzene rings is 2. The lowest BCUT2D eigenvalue weighted by Gasteiger charge is -2.31. The molecule has 1 unspecified atom stereocenters. The lowest BCUT2D eigenvalue weighted by atomic mass is 9.76. The first-order valence-corrected chi connectivity index (χ1v) is 12.4. The van der Waals surface area contributed by atoms with E-state index in [0.717, 1.165) is 47.5 Å². The van der Waals surface area contributed by atoms with Crippen LogP contribution in [0.1, 0.15) is 50.5 Å². The second-order valence-electron chi connectivity index (χ2n) is 9.28. The Hall–Kier alpha value is -2.80. The van der Waals surface area contributed by atoms with Gasteiger partial charge in [0.1, 0.15) is 11.4 Å². The summed E-state index contributed by atoms with van der Waals surface area (Å²) in [6.45, 7) is 2.02. The van der Waals surface area contributed by atoms with E-state index in [1.54, 1.807) is 30.3 Å². The standard InChI is InChI=1S/C27H25BrF2N2O2/c1-15(32-26-21-8-6-18(28)13-24(21)34-27(33)25(26)30)12-16-2-4-17(5-3-16)20-10-11-31-23-9-7-19(29)14-22(20)23/h6-11,13-17,32H,2-5,12H2,1H3. The van der Waals surface area contributed by atoms with Gasteiger partial charge in [0.2, 0.25) is 5.82 Å². The topological polar surface area (TPSA) is 55.1 Å². The smallest absolute Gasteiger partial charge is 0.374 e. The van der Waals surface area contributed by atoms with Crippen molar-refractivity contribution in [2.75, 3.05) is 5.32 Å². The predicted octanol–water partition coefficient (Wildman–Crippen LogP) is 7.55. The Labute approximate surface area is 204 Å². The highest BCUT2D eigenvalue weighted by molar-refractivity contribution is 9.10. The molecular weight excluding hydrogens is 502 g/mol. The molecular formula is C27H25BrF2N2O2. The van der Waals surface area contributed by atoms with Crippen molar-refractivity contribution >= 4 is 43.5 Å². The highest BCUT2D eigenvalue weighted by Gasteiger charge is 2.26. The Bertz CT molecular complexity index is 1410. The summed E-state index contributed by atoms with van der Waals surface area (Å²) in [6, 6.07) is 12.0. The number of nitrogens with zero attached hydrogens (tertiary/aromatic N) is 1. The van der Waals surface area contributed by atoms with Crippen LogP contribution in [0.5, 0.6) is 0 Å². The third-order valence-corrected chi connectivity index (χ3v) is 7.41.